The van der Waals surface area contributed by atoms with Crippen molar-refractivity contribution in [3.8, 4) is 0 Å². The van der Waals surface area contributed by atoms with Crippen LogP contribution in [-0.4, -0.2) is 33.2 Å². The molecule has 0 aromatic carbocycles. The molecular formula is C7H14N2O2S. The Hall–Kier alpha value is -0.420. The first kappa shape index (κ1) is 9.67. The smallest absolute Gasteiger partial charge is 0.236 e. The Kier molecular flexibility index (Phi) is 2.53. The van der Waals surface area contributed by atoms with E-state index in [1.807, 2.05) is 0 Å². The Balaban J connectivity index is 2.86. The minimum absolute atomic E-state index is 0.423. The maximum atomic E-state index is 11.5. The lowest BCUT2D eigenvalue weighted by Crippen LogP contribution is -2.61. The topological polar surface area (TPSA) is 72.2 Å². The van der Waals surface area contributed by atoms with E-state index in [2.05, 4.69) is 5.32 Å². The molecule has 70 valence electrons. The fourth-order valence-electron chi connectivity index (χ4n) is 1.38. The maximum Gasteiger partial charge on any atom is 0.236 e. The SMILES string of the molecule is CC1(C)C(C(N)=O)NCCS1=O. The number of nitrogens with one attached hydrogen (secondary N) is 1. The highest BCUT2D eigenvalue weighted by Gasteiger charge is 2.41. The van der Waals surface area contributed by atoms with Crippen LogP contribution in [0, 0.1) is 0 Å². The maximum absolute atomic E-state index is 11.5. The van der Waals surface area contributed by atoms with E-state index >= 15 is 0 Å². The summed E-state index contributed by atoms with van der Waals surface area (Å²) in [4.78, 5) is 10.9. The number of hydrogen-bond acceptors (Lipinski definition) is 3. The number of hydrogen-bond donors (Lipinski definition) is 2. The second-order valence-corrected chi connectivity index (χ2v) is 5.59. The molecule has 0 bridgehead atoms. The van der Waals surface area contributed by atoms with Gasteiger partial charge in [-0.3, -0.25) is 9.00 Å². The lowest BCUT2D eigenvalue weighted by atomic mass is 10.0. The average molecular weight is 190 g/mol. The van der Waals surface area contributed by atoms with Crippen LogP contribution in [0.25, 0.3) is 0 Å². The molecule has 1 saturated heterocycles. The second kappa shape index (κ2) is 3.14. The molecule has 1 aliphatic heterocycles. The van der Waals surface area contributed by atoms with Crippen LogP contribution in [-0.2, 0) is 15.6 Å². The van der Waals surface area contributed by atoms with Gasteiger partial charge in [-0.25, -0.2) is 0 Å². The molecule has 2 unspecified atom stereocenters. The average Bonchev–Trinajstić information content (AvgIpc) is 1.94. The third-order valence-electron chi connectivity index (χ3n) is 2.20. The molecule has 3 N–H and O–H groups in total. The van der Waals surface area contributed by atoms with Gasteiger partial charge >= 0.3 is 0 Å². The van der Waals surface area contributed by atoms with Gasteiger partial charge in [0.05, 0.1) is 4.75 Å². The van der Waals surface area contributed by atoms with Crippen LogP contribution in [0.2, 0.25) is 0 Å². The number of carbonyl (C=O) groups excluding carboxylic acids is 1. The van der Waals surface area contributed by atoms with E-state index in [4.69, 9.17) is 5.73 Å². The molecule has 1 rings (SSSR count). The van der Waals surface area contributed by atoms with E-state index in [0.717, 1.165) is 0 Å². The number of amides is 1. The van der Waals surface area contributed by atoms with E-state index in [0.29, 0.717) is 12.3 Å². The van der Waals surface area contributed by atoms with Crippen LogP contribution in [0.15, 0.2) is 0 Å². The van der Waals surface area contributed by atoms with Crippen molar-refractivity contribution in [3.05, 3.63) is 0 Å². The Bertz CT molecular complexity index is 227. The summed E-state index contributed by atoms with van der Waals surface area (Å²) in [6.07, 6.45) is 0. The van der Waals surface area contributed by atoms with Crippen molar-refractivity contribution in [1.29, 1.82) is 0 Å². The monoisotopic (exact) mass is 190 g/mol. The third kappa shape index (κ3) is 1.51. The summed E-state index contributed by atoms with van der Waals surface area (Å²) >= 11 is 0. The Morgan fingerprint density at radius 3 is 2.67 bits per heavy atom. The van der Waals surface area contributed by atoms with E-state index in [1.54, 1.807) is 13.8 Å². The van der Waals surface area contributed by atoms with Gasteiger partial charge in [-0.2, -0.15) is 0 Å². The lowest BCUT2D eigenvalue weighted by Gasteiger charge is -2.36. The molecule has 2 atom stereocenters. The van der Waals surface area contributed by atoms with Gasteiger partial charge in [0.25, 0.3) is 0 Å². The van der Waals surface area contributed by atoms with E-state index < -0.39 is 27.5 Å². The van der Waals surface area contributed by atoms with Crippen LogP contribution in [0.4, 0.5) is 0 Å². The van der Waals surface area contributed by atoms with Crippen LogP contribution < -0.4 is 11.1 Å². The van der Waals surface area contributed by atoms with Gasteiger partial charge in [-0.15, -0.1) is 0 Å². The molecule has 0 saturated carbocycles. The van der Waals surface area contributed by atoms with Crippen molar-refractivity contribution >= 4 is 16.7 Å². The van der Waals surface area contributed by atoms with Crippen LogP contribution >= 0.6 is 0 Å². The molecule has 0 radical (unpaired) electrons. The quantitative estimate of drug-likeness (QED) is 0.555. The van der Waals surface area contributed by atoms with Crippen molar-refractivity contribution in [3.63, 3.8) is 0 Å². The molecule has 1 aliphatic rings. The number of primary amides is 1. The summed E-state index contributed by atoms with van der Waals surface area (Å²) < 4.78 is 11.0. The molecule has 0 aliphatic carbocycles. The summed E-state index contributed by atoms with van der Waals surface area (Å²) in [6.45, 7) is 4.19. The summed E-state index contributed by atoms with van der Waals surface area (Å²) in [5.74, 6) is 0.171. The minimum atomic E-state index is -0.965. The molecule has 1 fully saturated rings. The van der Waals surface area contributed by atoms with Gasteiger partial charge in [0.15, 0.2) is 0 Å². The van der Waals surface area contributed by atoms with Gasteiger partial charge in [-0.1, -0.05) is 0 Å². The normalized spacial score (nSPS) is 34.5. The molecule has 0 spiro atoms. The molecule has 5 heteroatoms. The molecule has 0 aromatic heterocycles. The van der Waals surface area contributed by atoms with Gasteiger partial charge in [-0.05, 0) is 13.8 Å². The number of carbonyl (C=O) groups is 1. The molecule has 1 amide bonds. The summed E-state index contributed by atoms with van der Waals surface area (Å²) in [5, 5.41) is 2.97. The molecule has 0 aromatic rings. The summed E-state index contributed by atoms with van der Waals surface area (Å²) in [7, 11) is -0.965. The first-order valence-corrected chi connectivity index (χ1v) is 5.19. The summed E-state index contributed by atoms with van der Waals surface area (Å²) in [5.41, 5.74) is 5.17. The Morgan fingerprint density at radius 2 is 2.25 bits per heavy atom. The van der Waals surface area contributed by atoms with Crippen LogP contribution in [0.5, 0.6) is 0 Å². The second-order valence-electron chi connectivity index (χ2n) is 3.44. The highest BCUT2D eigenvalue weighted by Crippen LogP contribution is 2.21. The molecular weight excluding hydrogens is 176 g/mol. The van der Waals surface area contributed by atoms with Gasteiger partial charge in [0.2, 0.25) is 5.91 Å². The van der Waals surface area contributed by atoms with Crippen molar-refractivity contribution in [2.24, 2.45) is 5.73 Å². The lowest BCUT2D eigenvalue weighted by molar-refractivity contribution is -0.120. The Morgan fingerprint density at radius 1 is 1.67 bits per heavy atom. The predicted octanol–water partition coefficient (Wildman–Crippen LogP) is -1.03. The van der Waals surface area contributed by atoms with Crippen molar-refractivity contribution in [2.45, 2.75) is 24.6 Å². The Labute approximate surface area is 74.3 Å². The van der Waals surface area contributed by atoms with Gasteiger partial charge < -0.3 is 11.1 Å². The van der Waals surface area contributed by atoms with Gasteiger partial charge in [0, 0.05) is 23.1 Å². The fourth-order valence-corrected chi connectivity index (χ4v) is 2.67. The zero-order valence-electron chi connectivity index (χ0n) is 7.29. The highest BCUT2D eigenvalue weighted by molar-refractivity contribution is 7.86. The molecule has 4 nitrogen and oxygen atoms in total. The van der Waals surface area contributed by atoms with Crippen molar-refractivity contribution in [1.82, 2.24) is 5.32 Å². The first-order valence-electron chi connectivity index (χ1n) is 3.87. The largest absolute Gasteiger partial charge is 0.368 e. The van der Waals surface area contributed by atoms with Crippen LogP contribution in [0.1, 0.15) is 13.8 Å². The zero-order valence-corrected chi connectivity index (χ0v) is 8.11. The van der Waals surface area contributed by atoms with E-state index in [9.17, 15) is 9.00 Å². The third-order valence-corrected chi connectivity index (χ3v) is 4.19. The summed E-state index contributed by atoms with van der Waals surface area (Å²) in [6, 6.07) is -0.466. The molecule has 12 heavy (non-hydrogen) atoms. The molecule has 1 heterocycles. The number of rotatable bonds is 1. The zero-order chi connectivity index (χ0) is 9.35. The van der Waals surface area contributed by atoms with Crippen LogP contribution in [0.3, 0.4) is 0 Å². The van der Waals surface area contributed by atoms with E-state index in [-0.39, 0.29) is 0 Å². The fraction of sp³-hybridized carbons (Fsp3) is 0.857. The highest BCUT2D eigenvalue weighted by atomic mass is 32.2. The van der Waals surface area contributed by atoms with Crippen molar-refractivity contribution < 1.29 is 9.00 Å². The van der Waals surface area contributed by atoms with Crippen molar-refractivity contribution in [2.75, 3.05) is 12.3 Å². The first-order chi connectivity index (χ1) is 5.46. The number of nitrogens with two attached hydrogens (primary N) is 1. The minimum Gasteiger partial charge on any atom is -0.368 e. The van der Waals surface area contributed by atoms with Gasteiger partial charge in [0.1, 0.15) is 6.04 Å². The van der Waals surface area contributed by atoms with E-state index in [1.165, 1.54) is 0 Å². The predicted molar refractivity (Wildman–Crippen MR) is 48.1 cm³/mol. The standard InChI is InChI=1S/C7H14N2O2S/c1-7(2)5(6(8)10)9-3-4-12(7)11/h5,9H,3-4H2,1-2H3,(H2,8,10).